The molecule has 0 unspecified atom stereocenters. The summed E-state index contributed by atoms with van der Waals surface area (Å²) in [6.45, 7) is 9.25. The van der Waals surface area contributed by atoms with Crippen LogP contribution in [0.2, 0.25) is 0 Å². The largest absolute Gasteiger partial charge is 0.466 e. The van der Waals surface area contributed by atoms with Crippen molar-refractivity contribution in [3.05, 3.63) is 11.6 Å². The minimum atomic E-state index is -1.30. The first kappa shape index (κ1) is 20.2. The van der Waals surface area contributed by atoms with Gasteiger partial charge in [-0.3, -0.25) is 0 Å². The van der Waals surface area contributed by atoms with E-state index in [0.29, 0.717) is 6.42 Å². The number of rotatable bonds is 5. The lowest BCUT2D eigenvalue weighted by Gasteiger charge is -2.29. The topological polar surface area (TPSA) is 61.8 Å². The molecule has 5 nitrogen and oxygen atoms in total. The fourth-order valence-corrected chi connectivity index (χ4v) is 2.26. The van der Waals surface area contributed by atoms with Crippen molar-refractivity contribution in [1.82, 2.24) is 0 Å². The Kier molecular flexibility index (Phi) is 7.04. The molecule has 0 aromatic rings. The van der Waals surface area contributed by atoms with Gasteiger partial charge in [0, 0.05) is 6.42 Å². The van der Waals surface area contributed by atoms with Crippen LogP contribution in [0.1, 0.15) is 60.3 Å². The molecule has 0 N–H and O–H groups in total. The second-order valence-electron chi connectivity index (χ2n) is 6.76. The third-order valence-corrected chi connectivity index (χ3v) is 3.58. The molecule has 0 saturated heterocycles. The highest BCUT2D eigenvalue weighted by atomic mass is 16.6. The van der Waals surface area contributed by atoms with E-state index >= 15 is 0 Å². The highest BCUT2D eigenvalue weighted by Gasteiger charge is 2.48. The Morgan fingerprint density at radius 1 is 1.33 bits per heavy atom. The monoisotopic (exact) mass is 336 g/mol. The number of esters is 2. The van der Waals surface area contributed by atoms with Crippen LogP contribution in [0.5, 0.6) is 0 Å². The lowest BCUT2D eigenvalue weighted by Crippen LogP contribution is -2.43. The van der Waals surface area contributed by atoms with Crippen LogP contribution in [0, 0.1) is 11.8 Å². The Balaban J connectivity index is 3.10. The number of hydrogen-bond donors (Lipinski definition) is 0. The molecular weight excluding hydrogens is 308 g/mol. The molecule has 0 spiro atoms. The van der Waals surface area contributed by atoms with Gasteiger partial charge in [0.1, 0.15) is 5.60 Å². The van der Waals surface area contributed by atoms with E-state index in [-0.39, 0.29) is 5.57 Å². The lowest BCUT2D eigenvalue weighted by molar-refractivity contribution is -0.177. The van der Waals surface area contributed by atoms with Crippen molar-refractivity contribution in [3.63, 3.8) is 0 Å². The third kappa shape index (κ3) is 5.10. The average Bonchev–Trinajstić information content (AvgIpc) is 2.89. The van der Waals surface area contributed by atoms with Gasteiger partial charge in [-0.1, -0.05) is 26.2 Å². The zero-order valence-electron chi connectivity index (χ0n) is 15.5. The van der Waals surface area contributed by atoms with E-state index in [1.54, 1.807) is 20.8 Å². The minimum Gasteiger partial charge on any atom is -0.466 e. The maximum Gasteiger partial charge on any atom is 0.343 e. The van der Waals surface area contributed by atoms with Crippen LogP contribution in [0.3, 0.4) is 0 Å². The standard InChI is InChI=1S/C19H28O5/c1-7-9-10-11-12-15-14(16(20)22-6)13-19(8-2,23-15)17(21)24-18(3,4)5/h13,15H,7-10H2,1-6H3/t15-,19-/m1/s1. The molecule has 1 aliphatic heterocycles. The summed E-state index contributed by atoms with van der Waals surface area (Å²) in [5.74, 6) is 4.89. The average molecular weight is 336 g/mol. The smallest absolute Gasteiger partial charge is 0.343 e. The second kappa shape index (κ2) is 8.34. The van der Waals surface area contributed by atoms with Crippen LogP contribution in [0.15, 0.2) is 11.6 Å². The van der Waals surface area contributed by atoms with E-state index in [4.69, 9.17) is 14.2 Å². The molecule has 0 amide bonds. The molecule has 1 aliphatic rings. The number of carbonyl (C=O) groups excluding carboxylic acids is 2. The molecule has 0 radical (unpaired) electrons. The number of methoxy groups -OCH3 is 1. The fourth-order valence-electron chi connectivity index (χ4n) is 2.26. The first-order valence-corrected chi connectivity index (χ1v) is 8.39. The van der Waals surface area contributed by atoms with Gasteiger partial charge in [0.25, 0.3) is 0 Å². The molecule has 5 heteroatoms. The summed E-state index contributed by atoms with van der Waals surface area (Å²) in [4.78, 5) is 24.6. The highest BCUT2D eigenvalue weighted by Crippen LogP contribution is 2.34. The molecule has 0 saturated carbocycles. The molecule has 0 bridgehead atoms. The fraction of sp³-hybridized carbons (Fsp3) is 0.684. The summed E-state index contributed by atoms with van der Waals surface area (Å²) in [6, 6.07) is 0. The van der Waals surface area contributed by atoms with Gasteiger partial charge >= 0.3 is 11.9 Å². The van der Waals surface area contributed by atoms with Crippen LogP contribution in [-0.2, 0) is 23.8 Å². The summed E-state index contributed by atoms with van der Waals surface area (Å²) >= 11 is 0. The van der Waals surface area contributed by atoms with Crippen LogP contribution >= 0.6 is 0 Å². The van der Waals surface area contributed by atoms with Crippen LogP contribution in [-0.4, -0.2) is 36.4 Å². The molecule has 0 aliphatic carbocycles. The molecule has 24 heavy (non-hydrogen) atoms. The predicted octanol–water partition coefficient (Wildman–Crippen LogP) is 3.17. The molecule has 0 aromatic heterocycles. The van der Waals surface area contributed by atoms with Crippen molar-refractivity contribution < 1.29 is 23.8 Å². The van der Waals surface area contributed by atoms with Crippen molar-refractivity contribution >= 4 is 11.9 Å². The summed E-state index contributed by atoms with van der Waals surface area (Å²) in [5.41, 5.74) is -1.69. The summed E-state index contributed by atoms with van der Waals surface area (Å²) in [6.07, 6.45) is 3.80. The van der Waals surface area contributed by atoms with E-state index in [2.05, 4.69) is 18.8 Å². The SMILES string of the molecule is CCCCC#C[C@H]1O[C@@](CC)(C(=O)OC(C)(C)C)C=C1C(=O)OC. The second-order valence-corrected chi connectivity index (χ2v) is 6.76. The summed E-state index contributed by atoms with van der Waals surface area (Å²) < 4.78 is 16.1. The van der Waals surface area contributed by atoms with Gasteiger partial charge in [0.2, 0.25) is 0 Å². The zero-order chi connectivity index (χ0) is 18.4. The number of carbonyl (C=O) groups is 2. The maximum absolute atomic E-state index is 12.6. The van der Waals surface area contributed by atoms with E-state index in [1.165, 1.54) is 13.2 Å². The Bertz CT molecular complexity index is 559. The van der Waals surface area contributed by atoms with Crippen LogP contribution in [0.25, 0.3) is 0 Å². The van der Waals surface area contributed by atoms with Gasteiger partial charge in [-0.15, -0.1) is 5.92 Å². The Morgan fingerprint density at radius 3 is 2.50 bits per heavy atom. The molecule has 1 rings (SSSR count). The molecule has 134 valence electrons. The zero-order valence-corrected chi connectivity index (χ0v) is 15.5. The van der Waals surface area contributed by atoms with Crippen molar-refractivity contribution in [2.75, 3.05) is 7.11 Å². The van der Waals surface area contributed by atoms with Gasteiger partial charge in [0.15, 0.2) is 11.7 Å². The molecular formula is C19H28O5. The van der Waals surface area contributed by atoms with E-state index in [1.807, 2.05) is 6.92 Å². The van der Waals surface area contributed by atoms with Gasteiger partial charge in [-0.2, -0.15) is 0 Å². The van der Waals surface area contributed by atoms with E-state index in [0.717, 1.165) is 19.3 Å². The third-order valence-electron chi connectivity index (χ3n) is 3.58. The Morgan fingerprint density at radius 2 is 2.00 bits per heavy atom. The van der Waals surface area contributed by atoms with Crippen LogP contribution in [0.4, 0.5) is 0 Å². The van der Waals surface area contributed by atoms with Gasteiger partial charge < -0.3 is 14.2 Å². The van der Waals surface area contributed by atoms with Gasteiger partial charge in [0.05, 0.1) is 12.7 Å². The van der Waals surface area contributed by atoms with Gasteiger partial charge in [-0.25, -0.2) is 9.59 Å². The molecule has 0 aromatic carbocycles. The minimum absolute atomic E-state index is 0.259. The van der Waals surface area contributed by atoms with Gasteiger partial charge in [-0.05, 0) is 39.7 Å². The van der Waals surface area contributed by atoms with Crippen molar-refractivity contribution in [2.45, 2.75) is 77.6 Å². The number of ether oxygens (including phenoxy) is 3. The Hall–Kier alpha value is -1.80. The molecule has 2 atom stereocenters. The maximum atomic E-state index is 12.6. The van der Waals surface area contributed by atoms with Crippen LogP contribution < -0.4 is 0 Å². The molecule has 0 fully saturated rings. The van der Waals surface area contributed by atoms with E-state index in [9.17, 15) is 9.59 Å². The molecule has 1 heterocycles. The number of unbranched alkanes of at least 4 members (excludes halogenated alkanes) is 2. The summed E-state index contributed by atoms with van der Waals surface area (Å²) in [5, 5.41) is 0. The summed E-state index contributed by atoms with van der Waals surface area (Å²) in [7, 11) is 1.30. The Labute approximate surface area is 144 Å². The first-order valence-electron chi connectivity index (χ1n) is 8.39. The number of hydrogen-bond acceptors (Lipinski definition) is 5. The quantitative estimate of drug-likeness (QED) is 0.438. The highest BCUT2D eigenvalue weighted by molar-refractivity contribution is 5.94. The normalized spacial score (nSPS) is 23.1. The van der Waals surface area contributed by atoms with Crippen molar-refractivity contribution in [3.8, 4) is 11.8 Å². The predicted molar refractivity (Wildman–Crippen MR) is 91.1 cm³/mol. The lowest BCUT2D eigenvalue weighted by atomic mass is 9.98. The van der Waals surface area contributed by atoms with Crippen molar-refractivity contribution in [1.29, 1.82) is 0 Å². The first-order chi connectivity index (χ1) is 11.2. The van der Waals surface area contributed by atoms with E-state index < -0.39 is 29.2 Å². The van der Waals surface area contributed by atoms with Crippen molar-refractivity contribution in [2.24, 2.45) is 0 Å².